The molecule has 112 valence electrons. The minimum Gasteiger partial charge on any atom is -0.492 e. The monoisotopic (exact) mass is 311 g/mol. The summed E-state index contributed by atoms with van der Waals surface area (Å²) in [6.07, 6.45) is 0. The number of halogens is 3. The van der Waals surface area contributed by atoms with Crippen LogP contribution in [0.4, 0.5) is 8.78 Å². The van der Waals surface area contributed by atoms with Gasteiger partial charge in [0.25, 0.3) is 0 Å². The lowest BCUT2D eigenvalue weighted by atomic mass is 10.0. The van der Waals surface area contributed by atoms with E-state index < -0.39 is 17.7 Å². The van der Waals surface area contributed by atoms with Crippen molar-refractivity contribution in [2.45, 2.75) is 13.0 Å². The average Bonchev–Trinajstić information content (AvgIpc) is 2.49. The largest absolute Gasteiger partial charge is 0.492 e. The standard InChI is InChI=1S/C16H16ClF2NO/c1-10-3-8-13(16(19)15(10)18)14(20-2)9-21-12-6-4-11(17)5-7-12/h3-8,14,20H,9H2,1-2H3. The molecule has 1 atom stereocenters. The normalized spacial score (nSPS) is 12.2. The number of ether oxygens (including phenoxy) is 1. The van der Waals surface area contributed by atoms with Crippen molar-refractivity contribution in [2.24, 2.45) is 0 Å². The van der Waals surface area contributed by atoms with E-state index in [4.69, 9.17) is 16.3 Å². The zero-order chi connectivity index (χ0) is 15.4. The van der Waals surface area contributed by atoms with Gasteiger partial charge in [-0.15, -0.1) is 0 Å². The van der Waals surface area contributed by atoms with Crippen LogP contribution in [-0.4, -0.2) is 13.7 Å². The van der Waals surface area contributed by atoms with Crippen molar-refractivity contribution in [2.75, 3.05) is 13.7 Å². The molecule has 2 rings (SSSR count). The summed E-state index contributed by atoms with van der Waals surface area (Å²) in [5.74, 6) is -1.04. The van der Waals surface area contributed by atoms with Gasteiger partial charge < -0.3 is 10.1 Å². The number of aryl methyl sites for hydroxylation is 1. The molecule has 21 heavy (non-hydrogen) atoms. The summed E-state index contributed by atoms with van der Waals surface area (Å²) in [5, 5.41) is 3.54. The molecule has 0 saturated heterocycles. The molecule has 0 aliphatic rings. The van der Waals surface area contributed by atoms with E-state index in [1.54, 1.807) is 43.4 Å². The molecule has 0 fully saturated rings. The molecule has 2 nitrogen and oxygen atoms in total. The zero-order valence-corrected chi connectivity index (χ0v) is 12.5. The van der Waals surface area contributed by atoms with Crippen LogP contribution in [-0.2, 0) is 0 Å². The summed E-state index contributed by atoms with van der Waals surface area (Å²) in [7, 11) is 1.67. The van der Waals surface area contributed by atoms with Gasteiger partial charge in [-0.05, 0) is 43.8 Å². The molecule has 1 N–H and O–H groups in total. The topological polar surface area (TPSA) is 21.3 Å². The van der Waals surface area contributed by atoms with Crippen LogP contribution in [0.1, 0.15) is 17.2 Å². The molecule has 0 bridgehead atoms. The van der Waals surface area contributed by atoms with E-state index in [9.17, 15) is 8.78 Å². The molecule has 0 aliphatic heterocycles. The average molecular weight is 312 g/mol. The fourth-order valence-corrected chi connectivity index (χ4v) is 2.10. The molecular formula is C16H16ClF2NO. The lowest BCUT2D eigenvalue weighted by Gasteiger charge is -2.19. The van der Waals surface area contributed by atoms with E-state index in [1.165, 1.54) is 6.92 Å². The lowest BCUT2D eigenvalue weighted by molar-refractivity contribution is 0.268. The van der Waals surface area contributed by atoms with Crippen LogP contribution in [0.15, 0.2) is 36.4 Å². The molecule has 2 aromatic carbocycles. The van der Waals surface area contributed by atoms with Gasteiger partial charge >= 0.3 is 0 Å². The van der Waals surface area contributed by atoms with Gasteiger partial charge in [0.1, 0.15) is 12.4 Å². The van der Waals surface area contributed by atoms with Gasteiger partial charge in [0, 0.05) is 10.6 Å². The summed E-state index contributed by atoms with van der Waals surface area (Å²) in [6.45, 7) is 1.71. The van der Waals surface area contributed by atoms with E-state index in [0.717, 1.165) is 0 Å². The quantitative estimate of drug-likeness (QED) is 0.890. The van der Waals surface area contributed by atoms with Crippen molar-refractivity contribution in [3.63, 3.8) is 0 Å². The Kier molecular flexibility index (Phi) is 5.15. The fraction of sp³-hybridized carbons (Fsp3) is 0.250. The Labute approximate surface area is 127 Å². The van der Waals surface area contributed by atoms with Crippen LogP contribution in [0, 0.1) is 18.6 Å². The zero-order valence-electron chi connectivity index (χ0n) is 11.8. The fourth-order valence-electron chi connectivity index (χ4n) is 1.97. The Morgan fingerprint density at radius 2 is 1.76 bits per heavy atom. The van der Waals surface area contributed by atoms with Gasteiger partial charge in [-0.2, -0.15) is 0 Å². The molecular weight excluding hydrogens is 296 g/mol. The van der Waals surface area contributed by atoms with Gasteiger partial charge in [-0.1, -0.05) is 23.7 Å². The highest BCUT2D eigenvalue weighted by atomic mass is 35.5. The minimum absolute atomic E-state index is 0.178. The van der Waals surface area contributed by atoms with Gasteiger partial charge in [0.05, 0.1) is 6.04 Å². The van der Waals surface area contributed by atoms with Crippen LogP contribution in [0.5, 0.6) is 5.75 Å². The molecule has 0 saturated carbocycles. The molecule has 0 aromatic heterocycles. The Bertz CT molecular complexity index is 616. The summed E-state index contributed by atoms with van der Waals surface area (Å²) in [6, 6.07) is 9.54. The number of rotatable bonds is 5. The van der Waals surface area contributed by atoms with Crippen LogP contribution in [0.2, 0.25) is 5.02 Å². The highest BCUT2D eigenvalue weighted by molar-refractivity contribution is 6.30. The minimum atomic E-state index is -0.839. The Morgan fingerprint density at radius 3 is 2.38 bits per heavy atom. The van der Waals surface area contributed by atoms with Crippen LogP contribution >= 0.6 is 11.6 Å². The highest BCUT2D eigenvalue weighted by Crippen LogP contribution is 2.23. The van der Waals surface area contributed by atoms with Gasteiger partial charge in [0.15, 0.2) is 11.6 Å². The third-order valence-electron chi connectivity index (χ3n) is 3.26. The SMILES string of the molecule is CNC(COc1ccc(Cl)cc1)c1ccc(C)c(F)c1F. The van der Waals surface area contributed by atoms with E-state index in [1.807, 2.05) is 0 Å². The number of likely N-dealkylation sites (N-methyl/N-ethyl adjacent to an activating group) is 1. The van der Waals surface area contributed by atoms with Crippen molar-refractivity contribution in [3.8, 4) is 5.75 Å². The predicted octanol–water partition coefficient (Wildman–Crippen LogP) is 4.27. The second kappa shape index (κ2) is 6.87. The maximum Gasteiger partial charge on any atom is 0.163 e. The van der Waals surface area contributed by atoms with E-state index in [0.29, 0.717) is 10.8 Å². The number of benzene rings is 2. The second-order valence-corrected chi connectivity index (χ2v) is 5.14. The highest BCUT2D eigenvalue weighted by Gasteiger charge is 2.19. The Hall–Kier alpha value is -1.65. The van der Waals surface area contributed by atoms with Crippen LogP contribution in [0.25, 0.3) is 0 Å². The maximum atomic E-state index is 14.0. The van der Waals surface area contributed by atoms with Gasteiger partial charge in [-0.3, -0.25) is 0 Å². The Balaban J connectivity index is 2.13. The molecule has 0 aliphatic carbocycles. The third-order valence-corrected chi connectivity index (χ3v) is 3.51. The van der Waals surface area contributed by atoms with Crippen LogP contribution < -0.4 is 10.1 Å². The summed E-state index contributed by atoms with van der Waals surface area (Å²) in [4.78, 5) is 0. The lowest BCUT2D eigenvalue weighted by Crippen LogP contribution is -2.24. The number of hydrogen-bond acceptors (Lipinski definition) is 2. The molecule has 0 spiro atoms. The molecule has 0 radical (unpaired) electrons. The van der Waals surface area contributed by atoms with Crippen molar-refractivity contribution in [1.29, 1.82) is 0 Å². The van der Waals surface area contributed by atoms with E-state index in [2.05, 4.69) is 5.32 Å². The van der Waals surface area contributed by atoms with Crippen molar-refractivity contribution < 1.29 is 13.5 Å². The number of nitrogens with one attached hydrogen (secondary N) is 1. The van der Waals surface area contributed by atoms with Crippen molar-refractivity contribution >= 4 is 11.6 Å². The summed E-state index contributed by atoms with van der Waals surface area (Å²) in [5.41, 5.74) is 0.527. The molecule has 1 unspecified atom stereocenters. The van der Waals surface area contributed by atoms with Gasteiger partial charge in [0.2, 0.25) is 0 Å². The second-order valence-electron chi connectivity index (χ2n) is 4.71. The van der Waals surface area contributed by atoms with E-state index in [-0.39, 0.29) is 17.7 Å². The number of hydrogen-bond donors (Lipinski definition) is 1. The molecule has 0 heterocycles. The van der Waals surface area contributed by atoms with Gasteiger partial charge in [-0.25, -0.2) is 8.78 Å². The first-order valence-electron chi connectivity index (χ1n) is 6.53. The first-order valence-corrected chi connectivity index (χ1v) is 6.91. The first-order chi connectivity index (χ1) is 10.0. The van der Waals surface area contributed by atoms with Crippen LogP contribution in [0.3, 0.4) is 0 Å². The van der Waals surface area contributed by atoms with Crippen molar-refractivity contribution in [3.05, 3.63) is 64.2 Å². The first kappa shape index (κ1) is 15.7. The predicted molar refractivity (Wildman–Crippen MR) is 79.8 cm³/mol. The van der Waals surface area contributed by atoms with E-state index >= 15 is 0 Å². The maximum absolute atomic E-state index is 14.0. The smallest absolute Gasteiger partial charge is 0.163 e. The summed E-state index contributed by atoms with van der Waals surface area (Å²) >= 11 is 5.79. The molecule has 5 heteroatoms. The molecule has 0 amide bonds. The van der Waals surface area contributed by atoms with Crippen molar-refractivity contribution in [1.82, 2.24) is 5.32 Å². The third kappa shape index (κ3) is 3.71. The summed E-state index contributed by atoms with van der Waals surface area (Å²) < 4.78 is 33.2. The Morgan fingerprint density at radius 1 is 1.10 bits per heavy atom. The molecule has 2 aromatic rings.